The second-order valence-corrected chi connectivity index (χ2v) is 7.11. The number of thioether (sulfide) groups is 1. The van der Waals surface area contributed by atoms with Gasteiger partial charge >= 0.3 is 0 Å². The standard InChI is InChI=1S/C15H20OS/c1-15(2,3)14(16)9-8-12-10-11-6-4-5-7-13(11)17-12/h4-7,12H,8-10H2,1-3H3. The summed E-state index contributed by atoms with van der Waals surface area (Å²) in [4.78, 5) is 13.3. The number of ketones is 1. The summed E-state index contributed by atoms with van der Waals surface area (Å²) in [5, 5.41) is 0.596. The van der Waals surface area contributed by atoms with Gasteiger partial charge in [0, 0.05) is 22.0 Å². The molecule has 0 aromatic heterocycles. The number of Topliss-reactive ketones (excluding diaryl/α,β-unsaturated/α-hetero) is 1. The lowest BCUT2D eigenvalue weighted by Gasteiger charge is -2.17. The van der Waals surface area contributed by atoms with Gasteiger partial charge in [0.1, 0.15) is 5.78 Å². The molecule has 0 N–H and O–H groups in total. The molecule has 0 fully saturated rings. The number of carbonyl (C=O) groups is 1. The van der Waals surface area contributed by atoms with Crippen LogP contribution in [0.15, 0.2) is 29.2 Å². The topological polar surface area (TPSA) is 17.1 Å². The van der Waals surface area contributed by atoms with Gasteiger partial charge < -0.3 is 0 Å². The van der Waals surface area contributed by atoms with Crippen LogP contribution in [0.5, 0.6) is 0 Å². The second kappa shape index (κ2) is 4.85. The molecule has 17 heavy (non-hydrogen) atoms. The highest BCUT2D eigenvalue weighted by Crippen LogP contribution is 2.39. The molecule has 0 saturated heterocycles. The molecule has 1 nitrogen and oxygen atoms in total. The molecule has 0 bridgehead atoms. The van der Waals surface area contributed by atoms with Crippen LogP contribution in [0.4, 0.5) is 0 Å². The quantitative estimate of drug-likeness (QED) is 0.801. The van der Waals surface area contributed by atoms with Crippen LogP contribution in [-0.2, 0) is 11.2 Å². The van der Waals surface area contributed by atoms with Crippen molar-refractivity contribution >= 4 is 17.5 Å². The summed E-state index contributed by atoms with van der Waals surface area (Å²) >= 11 is 1.94. The average molecular weight is 248 g/mol. The van der Waals surface area contributed by atoms with Crippen LogP contribution in [0, 0.1) is 5.41 Å². The van der Waals surface area contributed by atoms with Gasteiger partial charge in [-0.2, -0.15) is 0 Å². The van der Waals surface area contributed by atoms with Crippen molar-refractivity contribution in [2.75, 3.05) is 0 Å². The zero-order valence-corrected chi connectivity index (χ0v) is 11.6. The Balaban J connectivity index is 1.87. The van der Waals surface area contributed by atoms with E-state index in [9.17, 15) is 4.79 Å². The Morgan fingerprint density at radius 1 is 1.35 bits per heavy atom. The molecular formula is C15H20OS. The molecular weight excluding hydrogens is 228 g/mol. The highest BCUT2D eigenvalue weighted by atomic mass is 32.2. The van der Waals surface area contributed by atoms with Crippen LogP contribution in [0.25, 0.3) is 0 Å². The third-order valence-electron chi connectivity index (χ3n) is 3.24. The molecule has 2 rings (SSSR count). The first-order valence-electron chi connectivity index (χ1n) is 6.24. The van der Waals surface area contributed by atoms with Gasteiger partial charge in [0.15, 0.2) is 0 Å². The van der Waals surface area contributed by atoms with Gasteiger partial charge in [-0.05, 0) is 24.5 Å². The molecule has 0 saturated carbocycles. The third-order valence-corrected chi connectivity index (χ3v) is 4.63. The monoisotopic (exact) mass is 248 g/mol. The van der Waals surface area contributed by atoms with Crippen molar-refractivity contribution in [3.63, 3.8) is 0 Å². The van der Waals surface area contributed by atoms with E-state index in [1.165, 1.54) is 10.5 Å². The van der Waals surface area contributed by atoms with Crippen molar-refractivity contribution in [1.82, 2.24) is 0 Å². The molecule has 0 radical (unpaired) electrons. The molecule has 1 atom stereocenters. The highest BCUT2D eigenvalue weighted by Gasteiger charge is 2.25. The maximum absolute atomic E-state index is 11.9. The third kappa shape index (κ3) is 3.12. The van der Waals surface area contributed by atoms with Crippen LogP contribution in [0.2, 0.25) is 0 Å². The first-order chi connectivity index (χ1) is 7.97. The Labute approximate surface area is 108 Å². The summed E-state index contributed by atoms with van der Waals surface area (Å²) in [5.74, 6) is 0.383. The molecule has 0 aliphatic carbocycles. The fourth-order valence-electron chi connectivity index (χ4n) is 2.08. The Hall–Kier alpha value is -0.760. The minimum atomic E-state index is -0.184. The van der Waals surface area contributed by atoms with E-state index in [1.807, 2.05) is 32.5 Å². The zero-order chi connectivity index (χ0) is 12.5. The Kier molecular flexibility index (Phi) is 3.62. The summed E-state index contributed by atoms with van der Waals surface area (Å²) in [5.41, 5.74) is 1.27. The van der Waals surface area contributed by atoms with Gasteiger partial charge in [0.2, 0.25) is 0 Å². The average Bonchev–Trinajstić information content (AvgIpc) is 2.66. The van der Waals surface area contributed by atoms with Crippen molar-refractivity contribution < 1.29 is 4.79 Å². The maximum Gasteiger partial charge on any atom is 0.138 e. The van der Waals surface area contributed by atoms with E-state index >= 15 is 0 Å². The smallest absolute Gasteiger partial charge is 0.138 e. The maximum atomic E-state index is 11.9. The molecule has 0 spiro atoms. The number of rotatable bonds is 3. The SMILES string of the molecule is CC(C)(C)C(=O)CCC1Cc2ccccc2S1. The molecule has 0 amide bonds. The van der Waals surface area contributed by atoms with E-state index in [2.05, 4.69) is 24.3 Å². The summed E-state index contributed by atoms with van der Waals surface area (Å²) in [6.45, 7) is 6.02. The van der Waals surface area contributed by atoms with Gasteiger partial charge in [-0.15, -0.1) is 11.8 Å². The van der Waals surface area contributed by atoms with E-state index in [-0.39, 0.29) is 5.41 Å². The zero-order valence-electron chi connectivity index (χ0n) is 10.8. The lowest BCUT2D eigenvalue weighted by atomic mass is 9.87. The normalized spacial score (nSPS) is 19.1. The molecule has 1 aliphatic rings. The minimum absolute atomic E-state index is 0.184. The first kappa shape index (κ1) is 12.7. The summed E-state index contributed by atoms with van der Waals surface area (Å²) < 4.78 is 0. The van der Waals surface area contributed by atoms with Crippen LogP contribution < -0.4 is 0 Å². The Morgan fingerprint density at radius 2 is 2.06 bits per heavy atom. The molecule has 1 aromatic rings. The summed E-state index contributed by atoms with van der Waals surface area (Å²) in [6.07, 6.45) is 2.85. The van der Waals surface area contributed by atoms with Gasteiger partial charge in [0.25, 0.3) is 0 Å². The van der Waals surface area contributed by atoms with E-state index in [1.54, 1.807) is 0 Å². The van der Waals surface area contributed by atoms with Crippen molar-refractivity contribution in [3.8, 4) is 0 Å². The summed E-state index contributed by atoms with van der Waals surface area (Å²) in [7, 11) is 0. The fraction of sp³-hybridized carbons (Fsp3) is 0.533. The van der Waals surface area contributed by atoms with E-state index in [0.29, 0.717) is 11.0 Å². The molecule has 1 aromatic carbocycles. The predicted molar refractivity (Wildman–Crippen MR) is 73.5 cm³/mol. The Morgan fingerprint density at radius 3 is 2.71 bits per heavy atom. The van der Waals surface area contributed by atoms with Gasteiger partial charge in [-0.25, -0.2) is 0 Å². The molecule has 92 valence electrons. The van der Waals surface area contributed by atoms with Gasteiger partial charge in [0.05, 0.1) is 0 Å². The lowest BCUT2D eigenvalue weighted by molar-refractivity contribution is -0.126. The Bertz CT molecular complexity index is 392. The van der Waals surface area contributed by atoms with Crippen molar-refractivity contribution in [2.24, 2.45) is 5.41 Å². The molecule has 1 heterocycles. The van der Waals surface area contributed by atoms with Crippen LogP contribution in [-0.4, -0.2) is 11.0 Å². The number of benzene rings is 1. The number of carbonyl (C=O) groups excluding carboxylic acids is 1. The van der Waals surface area contributed by atoms with Crippen LogP contribution >= 0.6 is 11.8 Å². The van der Waals surface area contributed by atoms with Gasteiger partial charge in [-0.3, -0.25) is 4.79 Å². The van der Waals surface area contributed by atoms with E-state index in [4.69, 9.17) is 0 Å². The second-order valence-electron chi connectivity index (χ2n) is 5.76. The largest absolute Gasteiger partial charge is 0.299 e. The van der Waals surface area contributed by atoms with E-state index < -0.39 is 0 Å². The van der Waals surface area contributed by atoms with Crippen LogP contribution in [0.1, 0.15) is 39.2 Å². The first-order valence-corrected chi connectivity index (χ1v) is 7.12. The lowest BCUT2D eigenvalue weighted by Crippen LogP contribution is -2.21. The van der Waals surface area contributed by atoms with Crippen molar-refractivity contribution in [1.29, 1.82) is 0 Å². The van der Waals surface area contributed by atoms with Crippen LogP contribution in [0.3, 0.4) is 0 Å². The predicted octanol–water partition coefficient (Wildman–Crippen LogP) is 4.10. The highest BCUT2D eigenvalue weighted by molar-refractivity contribution is 8.00. The van der Waals surface area contributed by atoms with E-state index in [0.717, 1.165) is 19.3 Å². The summed E-state index contributed by atoms with van der Waals surface area (Å²) in [6, 6.07) is 8.58. The number of hydrogen-bond acceptors (Lipinski definition) is 2. The van der Waals surface area contributed by atoms with Crippen molar-refractivity contribution in [3.05, 3.63) is 29.8 Å². The van der Waals surface area contributed by atoms with Crippen molar-refractivity contribution in [2.45, 2.75) is 50.2 Å². The van der Waals surface area contributed by atoms with Gasteiger partial charge in [-0.1, -0.05) is 39.0 Å². The fourth-order valence-corrected chi connectivity index (χ4v) is 3.40. The molecule has 1 unspecified atom stereocenters. The molecule has 2 heteroatoms. The number of hydrogen-bond donors (Lipinski definition) is 0. The number of fused-ring (bicyclic) bond motifs is 1. The molecule has 1 aliphatic heterocycles. The minimum Gasteiger partial charge on any atom is -0.299 e.